The first-order valence-corrected chi connectivity index (χ1v) is 10.7. The molecule has 2 aliphatic heterocycles. The van der Waals surface area contributed by atoms with Crippen LogP contribution in [0.2, 0.25) is 0 Å². The molecule has 0 amide bonds. The summed E-state index contributed by atoms with van der Waals surface area (Å²) in [4.78, 5) is 11.8. The van der Waals surface area contributed by atoms with E-state index in [9.17, 15) is 0 Å². The lowest BCUT2D eigenvalue weighted by Crippen LogP contribution is -2.44. The van der Waals surface area contributed by atoms with Gasteiger partial charge in [-0.2, -0.15) is 15.3 Å². The summed E-state index contributed by atoms with van der Waals surface area (Å²) in [7, 11) is 0. The molecule has 0 spiro atoms. The summed E-state index contributed by atoms with van der Waals surface area (Å²) in [5.41, 5.74) is 1.84. The largest absolute Gasteiger partial charge is 0.355 e. The van der Waals surface area contributed by atoms with E-state index in [-0.39, 0.29) is 0 Å². The van der Waals surface area contributed by atoms with Crippen LogP contribution in [-0.2, 0) is 0 Å². The summed E-state index contributed by atoms with van der Waals surface area (Å²) in [6.45, 7) is 3.78. The summed E-state index contributed by atoms with van der Waals surface area (Å²) >= 11 is 0. The van der Waals surface area contributed by atoms with E-state index < -0.39 is 0 Å². The number of hydrogen-bond acceptors (Lipinski definition) is 7. The minimum atomic E-state index is 0.617. The van der Waals surface area contributed by atoms with Crippen LogP contribution in [0.4, 0.5) is 17.6 Å². The fourth-order valence-corrected chi connectivity index (χ4v) is 5.06. The molecule has 3 N–H and O–H groups in total. The van der Waals surface area contributed by atoms with Crippen LogP contribution in [0.25, 0.3) is 5.65 Å². The normalized spacial score (nSPS) is 23.5. The van der Waals surface area contributed by atoms with Gasteiger partial charge in [-0.3, -0.25) is 14.4 Å². The number of aromatic amines is 1. The molecule has 9 nitrogen and oxygen atoms in total. The molecule has 0 aromatic carbocycles. The minimum absolute atomic E-state index is 0.617. The molecule has 2 bridgehead atoms. The van der Waals surface area contributed by atoms with Crippen molar-refractivity contribution in [3.8, 4) is 6.07 Å². The standard InChI is InChI=1S/C21H27N9/c1-14-9-19(28-27-14)25-18-12-20-23-6-8-30(20)21(26-18)24-13-15-10-16-3-4-17(11-15)29(16)7-2-5-22/h6,8-9,12,15-17H,2-4,7,10-11,13H2,1H3,(H,24,26)(H2,25,27,28)/t15-,16-,17+. The summed E-state index contributed by atoms with van der Waals surface area (Å²) < 4.78 is 1.98. The Kier molecular flexibility index (Phi) is 5.01. The van der Waals surface area contributed by atoms with E-state index in [1.165, 1.54) is 25.7 Å². The average molecular weight is 406 g/mol. The monoisotopic (exact) mass is 405 g/mol. The van der Waals surface area contributed by atoms with E-state index in [0.717, 1.165) is 36.2 Å². The van der Waals surface area contributed by atoms with Crippen molar-refractivity contribution in [2.45, 2.75) is 51.1 Å². The van der Waals surface area contributed by atoms with E-state index >= 15 is 0 Å². The van der Waals surface area contributed by atoms with E-state index in [4.69, 9.17) is 10.2 Å². The Balaban J connectivity index is 1.28. The smallest absolute Gasteiger partial charge is 0.210 e. The molecule has 3 atom stereocenters. The Hall–Kier alpha value is -3.12. The van der Waals surface area contributed by atoms with Crippen molar-refractivity contribution in [3.63, 3.8) is 0 Å². The fourth-order valence-electron chi connectivity index (χ4n) is 5.06. The number of fused-ring (bicyclic) bond motifs is 3. The van der Waals surface area contributed by atoms with Gasteiger partial charge in [-0.05, 0) is 38.5 Å². The molecule has 2 aliphatic rings. The first-order valence-electron chi connectivity index (χ1n) is 10.7. The molecule has 30 heavy (non-hydrogen) atoms. The molecule has 5 rings (SSSR count). The van der Waals surface area contributed by atoms with Gasteiger partial charge in [-0.25, -0.2) is 4.98 Å². The molecule has 0 saturated carbocycles. The number of H-pyrrole nitrogens is 1. The molecule has 2 fully saturated rings. The molecule has 9 heteroatoms. The van der Waals surface area contributed by atoms with Crippen molar-refractivity contribution >= 4 is 23.2 Å². The molecule has 3 aromatic rings. The van der Waals surface area contributed by atoms with Gasteiger partial charge in [-0.15, -0.1) is 0 Å². The number of nitrogens with zero attached hydrogens (tertiary/aromatic N) is 6. The van der Waals surface area contributed by atoms with Gasteiger partial charge in [0.15, 0.2) is 5.82 Å². The SMILES string of the molecule is Cc1cc(Nc2cc3nccn3c(NC[C@@H]3C[C@H]4CC[C@@H](C3)N4CCC#N)n2)n[nH]1. The van der Waals surface area contributed by atoms with Crippen LogP contribution in [0.15, 0.2) is 24.5 Å². The van der Waals surface area contributed by atoms with Gasteiger partial charge in [0.25, 0.3) is 0 Å². The molecule has 3 aromatic heterocycles. The lowest BCUT2D eigenvalue weighted by atomic mass is 9.90. The molecule has 0 unspecified atom stereocenters. The van der Waals surface area contributed by atoms with Crippen molar-refractivity contribution in [1.29, 1.82) is 5.26 Å². The predicted octanol–water partition coefficient (Wildman–Crippen LogP) is 3.07. The number of piperidine rings is 1. The second-order valence-electron chi connectivity index (χ2n) is 8.43. The molecular formula is C21H27N9. The fraction of sp³-hybridized carbons (Fsp3) is 0.524. The third kappa shape index (κ3) is 3.71. The van der Waals surface area contributed by atoms with Gasteiger partial charge in [-0.1, -0.05) is 0 Å². The van der Waals surface area contributed by atoms with Gasteiger partial charge in [0, 0.05) is 61.8 Å². The minimum Gasteiger partial charge on any atom is -0.355 e. The summed E-state index contributed by atoms with van der Waals surface area (Å²) in [5, 5.41) is 22.9. The lowest BCUT2D eigenvalue weighted by molar-refractivity contribution is 0.110. The van der Waals surface area contributed by atoms with Crippen LogP contribution >= 0.6 is 0 Å². The van der Waals surface area contributed by atoms with Crippen molar-refractivity contribution in [2.75, 3.05) is 23.7 Å². The van der Waals surface area contributed by atoms with Crippen molar-refractivity contribution in [2.24, 2.45) is 5.92 Å². The third-order valence-electron chi connectivity index (χ3n) is 6.36. The van der Waals surface area contributed by atoms with Gasteiger partial charge in [0.1, 0.15) is 11.5 Å². The van der Waals surface area contributed by atoms with Crippen LogP contribution in [0.5, 0.6) is 0 Å². The number of rotatable bonds is 7. The Bertz CT molecular complexity index is 1050. The lowest BCUT2D eigenvalue weighted by Gasteiger charge is -2.38. The van der Waals surface area contributed by atoms with E-state index in [0.29, 0.717) is 30.2 Å². The highest BCUT2D eigenvalue weighted by atomic mass is 15.2. The number of imidazole rings is 1. The van der Waals surface area contributed by atoms with E-state index in [2.05, 4.69) is 36.8 Å². The second kappa shape index (κ2) is 7.95. The zero-order valence-corrected chi connectivity index (χ0v) is 17.2. The van der Waals surface area contributed by atoms with Crippen LogP contribution in [0.3, 0.4) is 0 Å². The zero-order valence-electron chi connectivity index (χ0n) is 17.2. The highest BCUT2D eigenvalue weighted by molar-refractivity contribution is 5.61. The second-order valence-corrected chi connectivity index (χ2v) is 8.43. The van der Waals surface area contributed by atoms with Crippen LogP contribution in [0, 0.1) is 24.2 Å². The predicted molar refractivity (Wildman–Crippen MR) is 115 cm³/mol. The first-order chi connectivity index (χ1) is 14.7. The van der Waals surface area contributed by atoms with Crippen molar-refractivity contribution < 1.29 is 0 Å². The van der Waals surface area contributed by atoms with Crippen molar-refractivity contribution in [3.05, 3.63) is 30.2 Å². The topological polar surface area (TPSA) is 110 Å². The first kappa shape index (κ1) is 18.9. The van der Waals surface area contributed by atoms with E-state index in [1.807, 2.05) is 29.7 Å². The summed E-state index contributed by atoms with van der Waals surface area (Å²) in [6, 6.07) is 7.41. The van der Waals surface area contributed by atoms with Crippen LogP contribution in [-0.4, -0.2) is 54.6 Å². The van der Waals surface area contributed by atoms with E-state index in [1.54, 1.807) is 6.20 Å². The Morgan fingerprint density at radius 1 is 1.23 bits per heavy atom. The molecule has 5 heterocycles. The number of anilines is 3. The van der Waals surface area contributed by atoms with Crippen LogP contribution < -0.4 is 10.6 Å². The molecule has 2 saturated heterocycles. The number of aryl methyl sites for hydroxylation is 1. The molecular weight excluding hydrogens is 378 g/mol. The maximum absolute atomic E-state index is 8.93. The van der Waals surface area contributed by atoms with Gasteiger partial charge < -0.3 is 10.6 Å². The average Bonchev–Trinajstić information content (AvgIpc) is 3.43. The zero-order chi connectivity index (χ0) is 20.5. The number of nitrogens with one attached hydrogen (secondary N) is 3. The van der Waals surface area contributed by atoms with Gasteiger partial charge in [0.2, 0.25) is 5.95 Å². The highest BCUT2D eigenvalue weighted by Crippen LogP contribution is 2.38. The molecule has 0 radical (unpaired) electrons. The maximum Gasteiger partial charge on any atom is 0.210 e. The van der Waals surface area contributed by atoms with Crippen LogP contribution in [0.1, 0.15) is 37.8 Å². The Labute approximate surface area is 175 Å². The quantitative estimate of drug-likeness (QED) is 0.554. The van der Waals surface area contributed by atoms with Gasteiger partial charge >= 0.3 is 0 Å². The third-order valence-corrected chi connectivity index (χ3v) is 6.36. The molecule has 0 aliphatic carbocycles. The maximum atomic E-state index is 8.93. The van der Waals surface area contributed by atoms with Gasteiger partial charge in [0.05, 0.1) is 6.07 Å². The molecule has 156 valence electrons. The summed E-state index contributed by atoms with van der Waals surface area (Å²) in [6.07, 6.45) is 9.25. The Morgan fingerprint density at radius 3 is 2.80 bits per heavy atom. The number of aromatic nitrogens is 5. The Morgan fingerprint density at radius 2 is 2.07 bits per heavy atom. The number of hydrogen-bond donors (Lipinski definition) is 3. The highest BCUT2D eigenvalue weighted by Gasteiger charge is 2.40. The summed E-state index contributed by atoms with van der Waals surface area (Å²) in [5.74, 6) is 2.86. The number of nitriles is 1. The van der Waals surface area contributed by atoms with Crippen molar-refractivity contribution in [1.82, 2.24) is 29.5 Å².